The summed E-state index contributed by atoms with van der Waals surface area (Å²) in [6.07, 6.45) is 1.04. The van der Waals surface area contributed by atoms with E-state index in [1.807, 2.05) is 0 Å². The van der Waals surface area contributed by atoms with E-state index in [1.54, 1.807) is 22.8 Å². The van der Waals surface area contributed by atoms with Gasteiger partial charge in [-0.1, -0.05) is 30.0 Å². The number of benzene rings is 2. The van der Waals surface area contributed by atoms with Gasteiger partial charge >= 0.3 is 0 Å². The second kappa shape index (κ2) is 8.15. The summed E-state index contributed by atoms with van der Waals surface area (Å²) in [4.78, 5) is 0. The van der Waals surface area contributed by atoms with Gasteiger partial charge in [0.1, 0.15) is 11.6 Å². The Morgan fingerprint density at radius 3 is 2.44 bits per heavy atom. The molecule has 0 aliphatic heterocycles. The number of thioether (sulfide) groups is 1. The minimum Gasteiger partial charge on any atom is -0.273 e. The summed E-state index contributed by atoms with van der Waals surface area (Å²) in [5.74, 6) is -0.0750. The zero-order chi connectivity index (χ0) is 19.4. The van der Waals surface area contributed by atoms with Crippen molar-refractivity contribution >= 4 is 21.8 Å². The van der Waals surface area contributed by atoms with Crippen LogP contribution in [0.4, 0.5) is 8.78 Å². The molecule has 0 saturated heterocycles. The smallest absolute Gasteiger partial charge is 0.209 e. The van der Waals surface area contributed by atoms with Gasteiger partial charge in [-0.25, -0.2) is 21.9 Å². The molecular formula is C17H16F2N4O2S2. The van der Waals surface area contributed by atoms with E-state index in [0.717, 1.165) is 6.26 Å². The molecule has 10 heteroatoms. The maximum Gasteiger partial charge on any atom is 0.209 e. The van der Waals surface area contributed by atoms with Crippen molar-refractivity contribution in [2.45, 2.75) is 17.5 Å². The fraction of sp³-hybridized carbons (Fsp3) is 0.176. The van der Waals surface area contributed by atoms with Crippen LogP contribution in [-0.2, 0) is 22.3 Å². The molecule has 0 unspecified atom stereocenters. The van der Waals surface area contributed by atoms with Gasteiger partial charge in [0.2, 0.25) is 10.0 Å². The lowest BCUT2D eigenvalue weighted by atomic mass is 10.2. The van der Waals surface area contributed by atoms with Gasteiger partial charge in [0.25, 0.3) is 0 Å². The number of halogens is 2. The first-order valence-corrected chi connectivity index (χ1v) is 10.7. The van der Waals surface area contributed by atoms with Gasteiger partial charge in [0.05, 0.1) is 12.8 Å². The summed E-state index contributed by atoms with van der Waals surface area (Å²) >= 11 is 1.25. The van der Waals surface area contributed by atoms with Crippen LogP contribution in [0.2, 0.25) is 0 Å². The SMILES string of the molecule is CS(=O)(=O)NCc1nnc(SCc2ccccc2F)n1-c1ccc(F)cc1. The average molecular weight is 410 g/mol. The first kappa shape index (κ1) is 19.5. The third-order valence-corrected chi connectivity index (χ3v) is 5.24. The first-order valence-electron chi connectivity index (χ1n) is 7.84. The summed E-state index contributed by atoms with van der Waals surface area (Å²) in [7, 11) is -3.43. The van der Waals surface area contributed by atoms with Crippen LogP contribution in [0.15, 0.2) is 53.7 Å². The van der Waals surface area contributed by atoms with E-state index < -0.39 is 15.8 Å². The Hall–Kier alpha value is -2.30. The highest BCUT2D eigenvalue weighted by Crippen LogP contribution is 2.26. The standard InChI is InChI=1S/C17H16F2N4O2S2/c1-27(24,25)20-10-16-21-22-17(23(16)14-8-6-13(18)7-9-14)26-11-12-4-2-3-5-15(12)19/h2-9,20H,10-11H2,1H3. The van der Waals surface area contributed by atoms with Crippen LogP contribution in [0.3, 0.4) is 0 Å². The van der Waals surface area contributed by atoms with Crippen LogP contribution in [-0.4, -0.2) is 29.4 Å². The van der Waals surface area contributed by atoms with Crippen LogP contribution in [0.1, 0.15) is 11.4 Å². The van der Waals surface area contributed by atoms with Crippen molar-refractivity contribution in [1.29, 1.82) is 0 Å². The Balaban J connectivity index is 1.91. The number of hydrogen-bond acceptors (Lipinski definition) is 5. The van der Waals surface area contributed by atoms with E-state index in [-0.39, 0.29) is 12.4 Å². The fourth-order valence-electron chi connectivity index (χ4n) is 2.31. The average Bonchev–Trinajstić information content (AvgIpc) is 3.02. The first-order chi connectivity index (χ1) is 12.8. The molecule has 1 aromatic heterocycles. The van der Waals surface area contributed by atoms with Gasteiger partial charge in [-0.2, -0.15) is 0 Å². The molecule has 0 aliphatic rings. The molecule has 0 spiro atoms. The number of rotatable bonds is 7. The summed E-state index contributed by atoms with van der Waals surface area (Å²) in [6, 6.07) is 12.0. The van der Waals surface area contributed by atoms with E-state index in [2.05, 4.69) is 14.9 Å². The van der Waals surface area contributed by atoms with E-state index >= 15 is 0 Å². The maximum absolute atomic E-state index is 13.8. The molecule has 142 valence electrons. The van der Waals surface area contributed by atoms with Gasteiger partial charge in [-0.15, -0.1) is 10.2 Å². The molecule has 3 rings (SSSR count). The Kier molecular flexibility index (Phi) is 5.88. The van der Waals surface area contributed by atoms with Gasteiger partial charge in [0, 0.05) is 11.4 Å². The molecule has 3 aromatic rings. The minimum atomic E-state index is -3.43. The summed E-state index contributed by atoms with van der Waals surface area (Å²) in [5.41, 5.74) is 1.08. The minimum absolute atomic E-state index is 0.0799. The van der Waals surface area contributed by atoms with Crippen molar-refractivity contribution in [1.82, 2.24) is 19.5 Å². The molecule has 1 heterocycles. The predicted molar refractivity (Wildman–Crippen MR) is 99.0 cm³/mol. The van der Waals surface area contributed by atoms with Gasteiger partial charge < -0.3 is 0 Å². The van der Waals surface area contributed by atoms with E-state index in [9.17, 15) is 17.2 Å². The molecule has 0 atom stereocenters. The number of nitrogens with zero attached hydrogens (tertiary/aromatic N) is 3. The molecule has 0 fully saturated rings. The van der Waals surface area contributed by atoms with Crippen LogP contribution < -0.4 is 4.72 Å². The molecule has 2 aromatic carbocycles. The van der Waals surface area contributed by atoms with Crippen molar-refractivity contribution < 1.29 is 17.2 Å². The zero-order valence-electron chi connectivity index (χ0n) is 14.3. The number of sulfonamides is 1. The van der Waals surface area contributed by atoms with Crippen molar-refractivity contribution in [2.75, 3.05) is 6.26 Å². The molecule has 6 nitrogen and oxygen atoms in total. The Morgan fingerprint density at radius 1 is 1.07 bits per heavy atom. The second-order valence-corrected chi connectivity index (χ2v) is 8.46. The number of aromatic nitrogens is 3. The number of hydrogen-bond donors (Lipinski definition) is 1. The third-order valence-electron chi connectivity index (χ3n) is 3.59. The van der Waals surface area contributed by atoms with E-state index in [4.69, 9.17) is 0 Å². The highest BCUT2D eigenvalue weighted by atomic mass is 32.2. The van der Waals surface area contributed by atoms with Gasteiger partial charge in [-0.05, 0) is 35.9 Å². The molecule has 27 heavy (non-hydrogen) atoms. The van der Waals surface area contributed by atoms with Crippen molar-refractivity contribution in [2.24, 2.45) is 0 Å². The predicted octanol–water partition coefficient (Wildman–Crippen LogP) is 2.89. The molecule has 0 bridgehead atoms. The molecular weight excluding hydrogens is 394 g/mol. The fourth-order valence-corrected chi connectivity index (χ4v) is 3.66. The summed E-state index contributed by atoms with van der Waals surface area (Å²) < 4.78 is 53.9. The Morgan fingerprint density at radius 2 is 1.78 bits per heavy atom. The molecule has 0 radical (unpaired) electrons. The third kappa shape index (κ3) is 5.12. The summed E-state index contributed by atoms with van der Waals surface area (Å²) in [6.45, 7) is -0.0799. The number of nitrogens with one attached hydrogen (secondary N) is 1. The monoisotopic (exact) mass is 410 g/mol. The van der Waals surface area contributed by atoms with E-state index in [0.29, 0.717) is 28.0 Å². The summed E-state index contributed by atoms with van der Waals surface area (Å²) in [5, 5.41) is 8.56. The van der Waals surface area contributed by atoms with Crippen LogP contribution in [0, 0.1) is 11.6 Å². The maximum atomic E-state index is 13.8. The molecule has 0 amide bonds. The van der Waals surface area contributed by atoms with Crippen LogP contribution in [0.5, 0.6) is 0 Å². The highest BCUT2D eigenvalue weighted by molar-refractivity contribution is 7.98. The lowest BCUT2D eigenvalue weighted by molar-refractivity contribution is 0.584. The van der Waals surface area contributed by atoms with E-state index in [1.165, 1.54) is 42.1 Å². The largest absolute Gasteiger partial charge is 0.273 e. The van der Waals surface area contributed by atoms with Crippen molar-refractivity contribution in [3.05, 3.63) is 71.6 Å². The lowest BCUT2D eigenvalue weighted by Crippen LogP contribution is -2.23. The van der Waals surface area contributed by atoms with Crippen LogP contribution in [0.25, 0.3) is 5.69 Å². The normalized spacial score (nSPS) is 11.7. The zero-order valence-corrected chi connectivity index (χ0v) is 15.9. The Bertz CT molecular complexity index is 1040. The van der Waals surface area contributed by atoms with Crippen molar-refractivity contribution in [3.8, 4) is 5.69 Å². The van der Waals surface area contributed by atoms with Gasteiger partial charge in [-0.3, -0.25) is 4.57 Å². The second-order valence-electron chi connectivity index (χ2n) is 5.68. The highest BCUT2D eigenvalue weighted by Gasteiger charge is 2.16. The molecule has 0 aliphatic carbocycles. The molecule has 1 N–H and O–H groups in total. The van der Waals surface area contributed by atoms with Gasteiger partial charge in [0.15, 0.2) is 11.0 Å². The topological polar surface area (TPSA) is 76.9 Å². The molecule has 0 saturated carbocycles. The lowest BCUT2D eigenvalue weighted by Gasteiger charge is -2.11. The van der Waals surface area contributed by atoms with Crippen molar-refractivity contribution in [3.63, 3.8) is 0 Å². The van der Waals surface area contributed by atoms with Crippen LogP contribution >= 0.6 is 11.8 Å². The quantitative estimate of drug-likeness (QED) is 0.606. The Labute approximate surface area is 159 Å².